The van der Waals surface area contributed by atoms with E-state index in [1.807, 2.05) is 13.0 Å². The Morgan fingerprint density at radius 2 is 2.31 bits per heavy atom. The van der Waals surface area contributed by atoms with Crippen LogP contribution in [0.4, 0.5) is 5.69 Å². The Bertz CT molecular complexity index is 399. The lowest BCUT2D eigenvalue weighted by atomic mass is 9.75. The van der Waals surface area contributed by atoms with Crippen molar-refractivity contribution in [2.75, 3.05) is 5.32 Å². The van der Waals surface area contributed by atoms with Gasteiger partial charge in [-0.15, -0.1) is 0 Å². The van der Waals surface area contributed by atoms with Crippen LogP contribution in [0.25, 0.3) is 0 Å². The van der Waals surface area contributed by atoms with E-state index in [4.69, 9.17) is 5.73 Å². The van der Waals surface area contributed by atoms with Crippen LogP contribution in [-0.2, 0) is 4.79 Å². The van der Waals surface area contributed by atoms with Crippen LogP contribution in [-0.4, -0.2) is 16.4 Å². The summed E-state index contributed by atoms with van der Waals surface area (Å²) in [4.78, 5) is 15.7. The van der Waals surface area contributed by atoms with E-state index in [1.165, 1.54) is 0 Å². The minimum absolute atomic E-state index is 0.0189. The Balaban J connectivity index is 1.92. The van der Waals surface area contributed by atoms with Crippen LogP contribution in [0.5, 0.6) is 0 Å². The second kappa shape index (κ2) is 4.22. The van der Waals surface area contributed by atoms with Crippen molar-refractivity contribution in [3.05, 3.63) is 24.0 Å². The molecule has 1 heterocycles. The first-order valence-corrected chi connectivity index (χ1v) is 5.58. The molecule has 1 fully saturated rings. The average Bonchev–Trinajstić information content (AvgIpc) is 2.15. The highest BCUT2D eigenvalue weighted by Crippen LogP contribution is 2.32. The monoisotopic (exact) mass is 219 g/mol. The molecule has 86 valence electrons. The smallest absolute Gasteiger partial charge is 0.226 e. The minimum atomic E-state index is -0.263. The third-order valence-corrected chi connectivity index (χ3v) is 3.02. The number of aryl methyl sites for hydroxylation is 1. The Kier molecular flexibility index (Phi) is 2.92. The summed E-state index contributed by atoms with van der Waals surface area (Å²) >= 11 is 0. The fourth-order valence-corrected chi connectivity index (χ4v) is 1.96. The number of nitrogens with two attached hydrogens (primary N) is 1. The lowest BCUT2D eigenvalue weighted by Crippen LogP contribution is -2.48. The number of hydrogen-bond donors (Lipinski definition) is 2. The molecule has 0 aromatic carbocycles. The maximum atomic E-state index is 11.7. The van der Waals surface area contributed by atoms with E-state index >= 15 is 0 Å². The minimum Gasteiger partial charge on any atom is -0.325 e. The topological polar surface area (TPSA) is 68.0 Å². The van der Waals surface area contributed by atoms with E-state index in [2.05, 4.69) is 10.3 Å². The summed E-state index contributed by atoms with van der Waals surface area (Å²) in [7, 11) is 0. The Hall–Kier alpha value is -1.42. The molecule has 2 rings (SSSR count). The molecule has 1 aliphatic carbocycles. The first-order valence-electron chi connectivity index (χ1n) is 5.58. The molecule has 16 heavy (non-hydrogen) atoms. The molecule has 0 aliphatic heterocycles. The fraction of sp³-hybridized carbons (Fsp3) is 0.500. The molecule has 1 amide bonds. The van der Waals surface area contributed by atoms with Gasteiger partial charge in [-0.25, -0.2) is 0 Å². The van der Waals surface area contributed by atoms with Gasteiger partial charge in [0, 0.05) is 18.2 Å². The van der Waals surface area contributed by atoms with E-state index < -0.39 is 0 Å². The predicted octanol–water partition coefficient (Wildman–Crippen LogP) is 1.60. The van der Waals surface area contributed by atoms with Crippen molar-refractivity contribution in [2.45, 2.75) is 38.1 Å². The van der Waals surface area contributed by atoms with Crippen molar-refractivity contribution >= 4 is 11.6 Å². The molecular formula is C12H17N3O. The summed E-state index contributed by atoms with van der Waals surface area (Å²) in [6, 6.07) is 1.90. The molecule has 4 heteroatoms. The Labute approximate surface area is 95.3 Å². The van der Waals surface area contributed by atoms with Crippen LogP contribution < -0.4 is 11.1 Å². The lowest BCUT2D eigenvalue weighted by molar-refractivity contribution is -0.118. The zero-order chi connectivity index (χ0) is 11.6. The van der Waals surface area contributed by atoms with Crippen LogP contribution in [0.1, 0.15) is 31.2 Å². The second-order valence-corrected chi connectivity index (χ2v) is 4.69. The fourth-order valence-electron chi connectivity index (χ4n) is 1.96. The Morgan fingerprint density at radius 1 is 1.56 bits per heavy atom. The van der Waals surface area contributed by atoms with E-state index in [-0.39, 0.29) is 11.4 Å². The molecule has 1 aromatic rings. The summed E-state index contributed by atoms with van der Waals surface area (Å²) in [5.74, 6) is -0.0189. The molecule has 4 nitrogen and oxygen atoms in total. The highest BCUT2D eigenvalue weighted by atomic mass is 16.1. The second-order valence-electron chi connectivity index (χ2n) is 4.69. The summed E-state index contributed by atoms with van der Waals surface area (Å²) in [6.07, 6.45) is 6.84. The highest BCUT2D eigenvalue weighted by molar-refractivity contribution is 5.91. The van der Waals surface area contributed by atoms with E-state index in [0.717, 1.165) is 30.5 Å². The first-order chi connectivity index (χ1) is 7.57. The molecule has 0 unspecified atom stereocenters. The van der Waals surface area contributed by atoms with Crippen LogP contribution >= 0.6 is 0 Å². The van der Waals surface area contributed by atoms with Crippen LogP contribution in [0.2, 0.25) is 0 Å². The molecule has 1 aromatic heterocycles. The van der Waals surface area contributed by atoms with Crippen molar-refractivity contribution in [3.63, 3.8) is 0 Å². The van der Waals surface area contributed by atoms with Crippen LogP contribution in [0.15, 0.2) is 18.5 Å². The number of aromatic nitrogens is 1. The SMILES string of the molecule is Cc1cncc(NC(=O)CC2(N)CCC2)c1. The first kappa shape index (κ1) is 11.1. The van der Waals surface area contributed by atoms with Gasteiger partial charge in [0.1, 0.15) is 0 Å². The molecule has 1 aliphatic rings. The van der Waals surface area contributed by atoms with Gasteiger partial charge >= 0.3 is 0 Å². The summed E-state index contributed by atoms with van der Waals surface area (Å²) < 4.78 is 0. The number of rotatable bonds is 3. The van der Waals surface area contributed by atoms with Crippen LogP contribution in [0, 0.1) is 6.92 Å². The highest BCUT2D eigenvalue weighted by Gasteiger charge is 2.34. The maximum Gasteiger partial charge on any atom is 0.226 e. The molecule has 0 saturated heterocycles. The van der Waals surface area contributed by atoms with Gasteiger partial charge in [-0.1, -0.05) is 0 Å². The number of hydrogen-bond acceptors (Lipinski definition) is 3. The maximum absolute atomic E-state index is 11.7. The number of nitrogens with one attached hydrogen (secondary N) is 1. The third-order valence-electron chi connectivity index (χ3n) is 3.02. The summed E-state index contributed by atoms with van der Waals surface area (Å²) in [6.45, 7) is 1.94. The zero-order valence-corrected chi connectivity index (χ0v) is 9.49. The number of carbonyl (C=O) groups excluding carboxylic acids is 1. The molecule has 1 saturated carbocycles. The van der Waals surface area contributed by atoms with Gasteiger partial charge in [0.25, 0.3) is 0 Å². The molecule has 3 N–H and O–H groups in total. The lowest BCUT2D eigenvalue weighted by Gasteiger charge is -2.37. The van der Waals surface area contributed by atoms with Crippen LogP contribution in [0.3, 0.4) is 0 Å². The molecule has 0 spiro atoms. The molecule has 0 bridgehead atoms. The average molecular weight is 219 g/mol. The predicted molar refractivity (Wildman–Crippen MR) is 63.0 cm³/mol. The molecule has 0 radical (unpaired) electrons. The summed E-state index contributed by atoms with van der Waals surface area (Å²) in [5, 5.41) is 2.83. The van der Waals surface area contributed by atoms with Crippen molar-refractivity contribution in [3.8, 4) is 0 Å². The standard InChI is InChI=1S/C12H17N3O/c1-9-5-10(8-14-7-9)15-11(16)6-12(13)3-2-4-12/h5,7-8H,2-4,6,13H2,1H3,(H,15,16). The van der Waals surface area contributed by atoms with Gasteiger partial charge in [0.15, 0.2) is 0 Å². The molecule has 0 atom stereocenters. The number of nitrogens with zero attached hydrogens (tertiary/aromatic N) is 1. The summed E-state index contributed by atoms with van der Waals surface area (Å²) in [5.41, 5.74) is 7.52. The van der Waals surface area contributed by atoms with Gasteiger partial charge in [0.2, 0.25) is 5.91 Å². The van der Waals surface area contributed by atoms with Crippen molar-refractivity contribution in [2.24, 2.45) is 5.73 Å². The normalized spacial score (nSPS) is 17.6. The quantitative estimate of drug-likeness (QED) is 0.811. The van der Waals surface area contributed by atoms with Gasteiger partial charge in [-0.3, -0.25) is 9.78 Å². The zero-order valence-electron chi connectivity index (χ0n) is 9.49. The van der Waals surface area contributed by atoms with Gasteiger partial charge in [-0.2, -0.15) is 0 Å². The largest absolute Gasteiger partial charge is 0.325 e. The van der Waals surface area contributed by atoms with Gasteiger partial charge in [0.05, 0.1) is 11.9 Å². The van der Waals surface area contributed by atoms with E-state index in [9.17, 15) is 4.79 Å². The van der Waals surface area contributed by atoms with Crippen molar-refractivity contribution in [1.82, 2.24) is 4.98 Å². The van der Waals surface area contributed by atoms with Gasteiger partial charge in [-0.05, 0) is 37.8 Å². The number of pyridine rings is 1. The number of amides is 1. The van der Waals surface area contributed by atoms with Crippen molar-refractivity contribution < 1.29 is 4.79 Å². The van der Waals surface area contributed by atoms with Crippen molar-refractivity contribution in [1.29, 1.82) is 0 Å². The third kappa shape index (κ3) is 2.58. The number of anilines is 1. The Morgan fingerprint density at radius 3 is 2.88 bits per heavy atom. The van der Waals surface area contributed by atoms with Gasteiger partial charge < -0.3 is 11.1 Å². The van der Waals surface area contributed by atoms with E-state index in [0.29, 0.717) is 6.42 Å². The number of carbonyl (C=O) groups is 1. The van der Waals surface area contributed by atoms with E-state index in [1.54, 1.807) is 12.4 Å². The molecular weight excluding hydrogens is 202 g/mol.